The third-order valence-electron chi connectivity index (χ3n) is 3.59. The van der Waals surface area contributed by atoms with Crippen molar-refractivity contribution in [2.75, 3.05) is 14.2 Å². The second kappa shape index (κ2) is 9.05. The van der Waals surface area contributed by atoms with Crippen molar-refractivity contribution >= 4 is 5.97 Å². The first-order valence-corrected chi connectivity index (χ1v) is 7.15. The third kappa shape index (κ3) is 5.37. The fourth-order valence-corrected chi connectivity index (χ4v) is 1.97. The summed E-state index contributed by atoms with van der Waals surface area (Å²) in [6.45, 7) is 8.16. The van der Waals surface area contributed by atoms with E-state index in [0.29, 0.717) is 6.61 Å². The van der Waals surface area contributed by atoms with Crippen molar-refractivity contribution in [3.8, 4) is 5.75 Å². The summed E-state index contributed by atoms with van der Waals surface area (Å²) in [6.07, 6.45) is 3.06. The van der Waals surface area contributed by atoms with Gasteiger partial charge in [0.25, 0.3) is 0 Å². The molecule has 0 saturated heterocycles. The molecule has 120 valence electrons. The molecule has 0 unspecified atom stereocenters. The van der Waals surface area contributed by atoms with E-state index >= 15 is 0 Å². The summed E-state index contributed by atoms with van der Waals surface area (Å²) in [5.41, 5.74) is 1.95. The maximum absolute atomic E-state index is 11.3. The number of methoxy groups -OCH3 is 2. The first-order valence-electron chi connectivity index (χ1n) is 7.15. The molecular formula is C18H24O4. The molecule has 1 aromatic carbocycles. The summed E-state index contributed by atoms with van der Waals surface area (Å²) < 4.78 is 15.7. The van der Waals surface area contributed by atoms with Crippen molar-refractivity contribution in [1.82, 2.24) is 0 Å². The number of carbonyl (C=O) groups is 1. The first kappa shape index (κ1) is 18.0. The molecule has 0 N–H and O–H groups in total. The number of hydrogen-bond acceptors (Lipinski definition) is 4. The zero-order valence-electron chi connectivity index (χ0n) is 13.7. The Morgan fingerprint density at radius 2 is 1.91 bits per heavy atom. The summed E-state index contributed by atoms with van der Waals surface area (Å²) in [4.78, 5) is 11.3. The Kier molecular flexibility index (Phi) is 7.40. The SMILES string of the molecule is C=C[C@H](OCc1ccc(OC)cc1)[C@H](C)/C(C)=C/C(=O)OC. The standard InChI is InChI=1S/C18H24O4/c1-6-17(14(3)13(2)11-18(19)21-5)22-12-15-7-9-16(20-4)10-8-15/h6-11,14,17H,1,12H2,2-5H3/b13-11+/t14-,17+/m1/s1. The number of esters is 1. The Hall–Kier alpha value is -2.07. The summed E-state index contributed by atoms with van der Waals surface area (Å²) in [7, 11) is 3.00. The number of ether oxygens (including phenoxy) is 3. The van der Waals surface area contributed by atoms with Crippen LogP contribution in [0.3, 0.4) is 0 Å². The Morgan fingerprint density at radius 3 is 2.41 bits per heavy atom. The lowest BCUT2D eigenvalue weighted by Gasteiger charge is -2.22. The van der Waals surface area contributed by atoms with Crippen molar-refractivity contribution < 1.29 is 19.0 Å². The van der Waals surface area contributed by atoms with E-state index in [1.807, 2.05) is 38.1 Å². The highest BCUT2D eigenvalue weighted by Crippen LogP contribution is 2.20. The van der Waals surface area contributed by atoms with Gasteiger partial charge in [0, 0.05) is 12.0 Å². The largest absolute Gasteiger partial charge is 0.497 e. The summed E-state index contributed by atoms with van der Waals surface area (Å²) in [6, 6.07) is 7.71. The molecule has 0 spiro atoms. The molecule has 0 fully saturated rings. The lowest BCUT2D eigenvalue weighted by atomic mass is 9.96. The van der Waals surface area contributed by atoms with Crippen LogP contribution in [0.15, 0.2) is 48.6 Å². The molecule has 0 aliphatic carbocycles. The average Bonchev–Trinajstić information content (AvgIpc) is 2.55. The highest BCUT2D eigenvalue weighted by atomic mass is 16.5. The molecule has 2 atom stereocenters. The van der Waals surface area contributed by atoms with Crippen LogP contribution in [-0.2, 0) is 20.9 Å². The molecule has 4 heteroatoms. The van der Waals surface area contributed by atoms with Gasteiger partial charge in [-0.15, -0.1) is 6.58 Å². The van der Waals surface area contributed by atoms with Gasteiger partial charge in [-0.1, -0.05) is 30.7 Å². The second-order valence-corrected chi connectivity index (χ2v) is 5.06. The van der Waals surface area contributed by atoms with Crippen LogP contribution >= 0.6 is 0 Å². The topological polar surface area (TPSA) is 44.8 Å². The van der Waals surface area contributed by atoms with Crippen molar-refractivity contribution in [1.29, 1.82) is 0 Å². The maximum atomic E-state index is 11.3. The van der Waals surface area contributed by atoms with Crippen LogP contribution in [0.25, 0.3) is 0 Å². The fraction of sp³-hybridized carbons (Fsp3) is 0.389. The molecule has 0 bridgehead atoms. The molecule has 0 aliphatic rings. The van der Waals surface area contributed by atoms with E-state index in [9.17, 15) is 4.79 Å². The van der Waals surface area contributed by atoms with E-state index in [1.165, 1.54) is 13.2 Å². The predicted octanol–water partition coefficient (Wildman–Crippen LogP) is 3.52. The molecule has 22 heavy (non-hydrogen) atoms. The summed E-state index contributed by atoms with van der Waals surface area (Å²) >= 11 is 0. The molecule has 0 saturated carbocycles. The minimum atomic E-state index is -0.359. The number of rotatable bonds is 8. The summed E-state index contributed by atoms with van der Waals surface area (Å²) in [5.74, 6) is 0.492. The lowest BCUT2D eigenvalue weighted by molar-refractivity contribution is -0.134. The average molecular weight is 304 g/mol. The Balaban J connectivity index is 2.65. The molecule has 0 aliphatic heterocycles. The van der Waals surface area contributed by atoms with Gasteiger partial charge in [0.15, 0.2) is 0 Å². The van der Waals surface area contributed by atoms with Crippen LogP contribution in [0.2, 0.25) is 0 Å². The monoisotopic (exact) mass is 304 g/mol. The Bertz CT molecular complexity index is 516. The molecule has 0 aromatic heterocycles. The van der Waals surface area contributed by atoms with Gasteiger partial charge in [0.2, 0.25) is 0 Å². The van der Waals surface area contributed by atoms with Gasteiger partial charge in [-0.25, -0.2) is 4.79 Å². The predicted molar refractivity (Wildman–Crippen MR) is 86.7 cm³/mol. The number of hydrogen-bond donors (Lipinski definition) is 0. The van der Waals surface area contributed by atoms with Crippen LogP contribution in [0.4, 0.5) is 0 Å². The molecular weight excluding hydrogens is 280 g/mol. The highest BCUT2D eigenvalue weighted by Gasteiger charge is 2.17. The van der Waals surface area contributed by atoms with Gasteiger partial charge in [-0.2, -0.15) is 0 Å². The van der Waals surface area contributed by atoms with Crippen LogP contribution in [0, 0.1) is 5.92 Å². The zero-order valence-corrected chi connectivity index (χ0v) is 13.7. The van der Waals surface area contributed by atoms with Crippen molar-refractivity contribution in [2.24, 2.45) is 5.92 Å². The molecule has 4 nitrogen and oxygen atoms in total. The van der Waals surface area contributed by atoms with Gasteiger partial charge in [0.1, 0.15) is 5.75 Å². The van der Waals surface area contributed by atoms with Gasteiger partial charge in [0.05, 0.1) is 26.9 Å². The van der Waals surface area contributed by atoms with Crippen LogP contribution < -0.4 is 4.74 Å². The molecule has 1 aromatic rings. The second-order valence-electron chi connectivity index (χ2n) is 5.06. The van der Waals surface area contributed by atoms with Gasteiger partial charge < -0.3 is 14.2 Å². The normalized spacial score (nSPS) is 14.1. The minimum Gasteiger partial charge on any atom is -0.497 e. The van der Waals surface area contributed by atoms with Crippen molar-refractivity contribution in [3.63, 3.8) is 0 Å². The number of carbonyl (C=O) groups excluding carboxylic acids is 1. The van der Waals surface area contributed by atoms with Crippen LogP contribution in [-0.4, -0.2) is 26.3 Å². The fourth-order valence-electron chi connectivity index (χ4n) is 1.97. The molecule has 1 rings (SSSR count). The quantitative estimate of drug-likeness (QED) is 0.419. The molecule has 0 amide bonds. The van der Waals surface area contributed by atoms with Crippen LogP contribution in [0.1, 0.15) is 19.4 Å². The van der Waals surface area contributed by atoms with Gasteiger partial charge in [-0.3, -0.25) is 0 Å². The Morgan fingerprint density at radius 1 is 1.27 bits per heavy atom. The van der Waals surface area contributed by atoms with E-state index in [2.05, 4.69) is 11.3 Å². The van der Waals surface area contributed by atoms with E-state index in [0.717, 1.165) is 16.9 Å². The first-order chi connectivity index (χ1) is 10.5. The van der Waals surface area contributed by atoms with E-state index in [4.69, 9.17) is 9.47 Å². The van der Waals surface area contributed by atoms with E-state index < -0.39 is 0 Å². The maximum Gasteiger partial charge on any atom is 0.330 e. The van der Waals surface area contributed by atoms with Gasteiger partial charge in [-0.05, 0) is 24.6 Å². The van der Waals surface area contributed by atoms with Gasteiger partial charge >= 0.3 is 5.97 Å². The van der Waals surface area contributed by atoms with Crippen molar-refractivity contribution in [2.45, 2.75) is 26.6 Å². The van der Waals surface area contributed by atoms with Crippen LogP contribution in [0.5, 0.6) is 5.75 Å². The third-order valence-corrected chi connectivity index (χ3v) is 3.59. The number of benzene rings is 1. The Labute approximate surface area is 132 Å². The zero-order chi connectivity index (χ0) is 16.5. The highest BCUT2D eigenvalue weighted by molar-refractivity contribution is 5.82. The minimum absolute atomic E-state index is 0.0369. The smallest absolute Gasteiger partial charge is 0.330 e. The van der Waals surface area contributed by atoms with E-state index in [-0.39, 0.29) is 18.0 Å². The lowest BCUT2D eigenvalue weighted by Crippen LogP contribution is -2.21. The molecule has 0 heterocycles. The van der Waals surface area contributed by atoms with E-state index in [1.54, 1.807) is 13.2 Å². The summed E-state index contributed by atoms with van der Waals surface area (Å²) in [5, 5.41) is 0. The molecule has 0 radical (unpaired) electrons. The van der Waals surface area contributed by atoms with Crippen molar-refractivity contribution in [3.05, 3.63) is 54.1 Å².